The molecule has 30 heavy (non-hydrogen) atoms. The third-order valence-corrected chi connectivity index (χ3v) is 6.15. The number of ether oxygens (including phenoxy) is 2. The minimum Gasteiger partial charge on any atom is -0.492 e. The Balaban J connectivity index is 1.35. The van der Waals surface area contributed by atoms with Gasteiger partial charge in [0.05, 0.1) is 5.56 Å². The summed E-state index contributed by atoms with van der Waals surface area (Å²) >= 11 is 0. The zero-order valence-corrected chi connectivity index (χ0v) is 17.0. The molecule has 0 spiro atoms. The van der Waals surface area contributed by atoms with E-state index in [-0.39, 0.29) is 18.0 Å². The Hall–Kier alpha value is -2.41. The molecule has 0 saturated carbocycles. The predicted molar refractivity (Wildman–Crippen MR) is 110 cm³/mol. The van der Waals surface area contributed by atoms with E-state index in [4.69, 9.17) is 15.2 Å². The molecule has 2 heterocycles. The highest BCUT2D eigenvalue weighted by Gasteiger charge is 2.47. The van der Waals surface area contributed by atoms with E-state index in [1.807, 2.05) is 24.3 Å². The summed E-state index contributed by atoms with van der Waals surface area (Å²) in [7, 11) is 0. The molecule has 0 amide bonds. The summed E-state index contributed by atoms with van der Waals surface area (Å²) in [6, 6.07) is 13.5. The van der Waals surface area contributed by atoms with Crippen molar-refractivity contribution in [2.75, 3.05) is 18.9 Å². The first-order valence-electron chi connectivity index (χ1n) is 10.3. The molecule has 2 aromatic rings. The number of anilines is 1. The quantitative estimate of drug-likeness (QED) is 0.658. The Morgan fingerprint density at radius 1 is 1.03 bits per heavy atom. The topological polar surface area (TPSA) is 47.7 Å². The van der Waals surface area contributed by atoms with E-state index in [9.17, 15) is 13.2 Å². The molecule has 3 atom stereocenters. The lowest BCUT2D eigenvalue weighted by Crippen LogP contribution is -2.53. The van der Waals surface area contributed by atoms with E-state index in [0.717, 1.165) is 37.5 Å². The number of piperidine rings is 1. The van der Waals surface area contributed by atoms with Crippen LogP contribution in [0.1, 0.15) is 38.2 Å². The number of nitrogen functional groups attached to an aromatic ring is 1. The molecule has 7 heteroatoms. The SMILES string of the molecule is C[C@@]1(Oc2ccc(N)cc2)C[C@H]2CC[C@@H](C1)N2CCOc1ccccc1C(F)(F)F. The summed E-state index contributed by atoms with van der Waals surface area (Å²) in [5.41, 5.74) is 5.47. The number of nitrogens with zero attached hydrogens (tertiary/aromatic N) is 1. The number of benzene rings is 2. The van der Waals surface area contributed by atoms with Gasteiger partial charge in [-0.1, -0.05) is 12.1 Å². The lowest BCUT2D eigenvalue weighted by Gasteiger charge is -2.44. The van der Waals surface area contributed by atoms with E-state index in [0.29, 0.717) is 24.3 Å². The van der Waals surface area contributed by atoms with Crippen LogP contribution in [0, 0.1) is 0 Å². The van der Waals surface area contributed by atoms with Gasteiger partial charge in [0, 0.05) is 37.2 Å². The fourth-order valence-corrected chi connectivity index (χ4v) is 4.89. The van der Waals surface area contributed by atoms with Crippen LogP contribution in [0.25, 0.3) is 0 Å². The van der Waals surface area contributed by atoms with Gasteiger partial charge < -0.3 is 15.2 Å². The average molecular weight is 420 g/mol. The highest BCUT2D eigenvalue weighted by atomic mass is 19.4. The number of rotatable bonds is 6. The Morgan fingerprint density at radius 3 is 2.30 bits per heavy atom. The van der Waals surface area contributed by atoms with Crippen molar-refractivity contribution >= 4 is 5.69 Å². The highest BCUT2D eigenvalue weighted by molar-refractivity contribution is 5.41. The summed E-state index contributed by atoms with van der Waals surface area (Å²) in [5.74, 6) is 0.706. The maximum Gasteiger partial charge on any atom is 0.419 e. The van der Waals surface area contributed by atoms with Gasteiger partial charge in [0.1, 0.15) is 23.7 Å². The molecular weight excluding hydrogens is 393 g/mol. The summed E-state index contributed by atoms with van der Waals surface area (Å²) in [6.45, 7) is 2.98. The maximum absolute atomic E-state index is 13.1. The average Bonchev–Trinajstić information content (AvgIpc) is 2.94. The minimum absolute atomic E-state index is 0.106. The van der Waals surface area contributed by atoms with Gasteiger partial charge in [0.15, 0.2) is 0 Å². The van der Waals surface area contributed by atoms with Crippen molar-refractivity contribution in [2.24, 2.45) is 0 Å². The Labute approximate surface area is 174 Å². The molecule has 0 radical (unpaired) electrons. The van der Waals surface area contributed by atoms with Crippen LogP contribution in [0.3, 0.4) is 0 Å². The van der Waals surface area contributed by atoms with Crippen LogP contribution in [0.4, 0.5) is 18.9 Å². The van der Waals surface area contributed by atoms with Crippen molar-refractivity contribution in [3.63, 3.8) is 0 Å². The third-order valence-electron chi connectivity index (χ3n) is 6.15. The molecule has 2 aromatic carbocycles. The van der Waals surface area contributed by atoms with E-state index in [2.05, 4.69) is 11.8 Å². The highest BCUT2D eigenvalue weighted by Crippen LogP contribution is 2.43. The van der Waals surface area contributed by atoms with Crippen LogP contribution in [-0.4, -0.2) is 35.7 Å². The van der Waals surface area contributed by atoms with Gasteiger partial charge in [-0.25, -0.2) is 0 Å². The fraction of sp³-hybridized carbons (Fsp3) is 0.478. The van der Waals surface area contributed by atoms with Gasteiger partial charge in [-0.2, -0.15) is 13.2 Å². The molecule has 0 aromatic heterocycles. The van der Waals surface area contributed by atoms with Crippen molar-refractivity contribution in [1.29, 1.82) is 0 Å². The number of alkyl halides is 3. The molecule has 0 aliphatic carbocycles. The van der Waals surface area contributed by atoms with Gasteiger partial charge in [-0.05, 0) is 56.2 Å². The Bertz CT molecular complexity index is 855. The number of hydrogen-bond acceptors (Lipinski definition) is 4. The third kappa shape index (κ3) is 4.51. The monoisotopic (exact) mass is 420 g/mol. The Morgan fingerprint density at radius 2 is 1.67 bits per heavy atom. The largest absolute Gasteiger partial charge is 0.492 e. The normalized spacial score (nSPS) is 26.5. The van der Waals surface area contributed by atoms with Crippen molar-refractivity contribution in [3.8, 4) is 11.5 Å². The first kappa shape index (κ1) is 20.8. The van der Waals surface area contributed by atoms with Crippen LogP contribution in [-0.2, 0) is 6.18 Å². The molecule has 2 aliphatic heterocycles. The van der Waals surface area contributed by atoms with E-state index in [1.54, 1.807) is 6.07 Å². The van der Waals surface area contributed by atoms with Crippen LogP contribution in [0.2, 0.25) is 0 Å². The summed E-state index contributed by atoms with van der Waals surface area (Å²) in [5, 5.41) is 0. The molecular formula is C23H27F3N2O2. The molecule has 162 valence electrons. The molecule has 4 nitrogen and oxygen atoms in total. The van der Waals surface area contributed by atoms with Gasteiger partial charge in [0.2, 0.25) is 0 Å². The fourth-order valence-electron chi connectivity index (χ4n) is 4.89. The lowest BCUT2D eigenvalue weighted by atomic mass is 9.87. The molecule has 2 bridgehead atoms. The first-order chi connectivity index (χ1) is 14.2. The second-order valence-electron chi connectivity index (χ2n) is 8.49. The van der Waals surface area contributed by atoms with E-state index < -0.39 is 11.7 Å². The molecule has 4 rings (SSSR count). The molecule has 2 aliphatic rings. The van der Waals surface area contributed by atoms with Crippen molar-refractivity contribution < 1.29 is 22.6 Å². The van der Waals surface area contributed by atoms with Gasteiger partial charge in [0.25, 0.3) is 0 Å². The number of para-hydroxylation sites is 1. The molecule has 2 fully saturated rings. The first-order valence-corrected chi connectivity index (χ1v) is 10.3. The van der Waals surface area contributed by atoms with Gasteiger partial charge in [-0.15, -0.1) is 0 Å². The van der Waals surface area contributed by atoms with Crippen LogP contribution < -0.4 is 15.2 Å². The zero-order valence-electron chi connectivity index (χ0n) is 17.0. The van der Waals surface area contributed by atoms with Crippen molar-refractivity contribution in [2.45, 2.75) is 56.5 Å². The second kappa shape index (κ2) is 8.02. The van der Waals surface area contributed by atoms with Gasteiger partial charge >= 0.3 is 6.18 Å². The van der Waals surface area contributed by atoms with Crippen LogP contribution in [0.5, 0.6) is 11.5 Å². The molecule has 0 unspecified atom stereocenters. The maximum atomic E-state index is 13.1. The van der Waals surface area contributed by atoms with Crippen molar-refractivity contribution in [1.82, 2.24) is 4.90 Å². The summed E-state index contributed by atoms with van der Waals surface area (Å²) in [4.78, 5) is 2.38. The van der Waals surface area contributed by atoms with Crippen LogP contribution in [0.15, 0.2) is 48.5 Å². The summed E-state index contributed by atoms with van der Waals surface area (Å²) in [6.07, 6.45) is -0.503. The van der Waals surface area contributed by atoms with E-state index >= 15 is 0 Å². The van der Waals surface area contributed by atoms with Gasteiger partial charge in [-0.3, -0.25) is 4.90 Å². The lowest BCUT2D eigenvalue weighted by molar-refractivity contribution is -0.139. The minimum atomic E-state index is -4.41. The van der Waals surface area contributed by atoms with Crippen molar-refractivity contribution in [3.05, 3.63) is 54.1 Å². The number of fused-ring (bicyclic) bond motifs is 2. The second-order valence-corrected chi connectivity index (χ2v) is 8.49. The van der Waals surface area contributed by atoms with E-state index in [1.165, 1.54) is 12.1 Å². The zero-order chi connectivity index (χ0) is 21.4. The predicted octanol–water partition coefficient (Wildman–Crippen LogP) is 5.13. The standard InChI is InChI=1S/C23H27F3N2O2/c1-22(30-19-10-6-16(27)7-11-19)14-17-8-9-18(15-22)28(17)12-13-29-21-5-3-2-4-20(21)23(24,25)26/h2-7,10-11,17-18H,8-9,12-15,27H2,1H3/t17-,18+,22-. The summed E-state index contributed by atoms with van der Waals surface area (Å²) < 4.78 is 51.3. The van der Waals surface area contributed by atoms with Crippen LogP contribution >= 0.6 is 0 Å². The Kier molecular flexibility index (Phi) is 5.57. The number of halogens is 3. The molecule has 2 saturated heterocycles. The smallest absolute Gasteiger partial charge is 0.419 e. The molecule has 2 N–H and O–H groups in total. The number of hydrogen-bond donors (Lipinski definition) is 1. The number of nitrogens with two attached hydrogens (primary N) is 1.